The molecule has 2 heterocycles. The molecule has 1 aromatic heterocycles. The second-order valence-electron chi connectivity index (χ2n) is 5.99. The van der Waals surface area contributed by atoms with Gasteiger partial charge in [0.2, 0.25) is 0 Å². The maximum Gasteiger partial charge on any atom is 0.274 e. The van der Waals surface area contributed by atoms with E-state index in [0.717, 1.165) is 5.56 Å². The van der Waals surface area contributed by atoms with Crippen LogP contribution in [0.1, 0.15) is 22.5 Å². The fourth-order valence-corrected chi connectivity index (χ4v) is 4.29. The van der Waals surface area contributed by atoms with Crippen LogP contribution in [-0.4, -0.2) is 36.9 Å². The normalized spacial score (nSPS) is 19.0. The second kappa shape index (κ2) is 6.60. The minimum atomic E-state index is -2.94. The van der Waals surface area contributed by atoms with E-state index < -0.39 is 9.84 Å². The molecule has 1 atom stereocenters. The van der Waals surface area contributed by atoms with Gasteiger partial charge in [0, 0.05) is 23.6 Å². The van der Waals surface area contributed by atoms with Gasteiger partial charge in [-0.05, 0) is 37.6 Å². The molecule has 2 N–H and O–H groups in total. The van der Waals surface area contributed by atoms with Gasteiger partial charge in [-0.2, -0.15) is 0 Å². The number of hydrogen-bond donors (Lipinski definition) is 2. The fraction of sp³-hybridized carbons (Fsp3) is 0.294. The summed E-state index contributed by atoms with van der Waals surface area (Å²) in [5, 5.41) is 5.96. The molecule has 7 heteroatoms. The van der Waals surface area contributed by atoms with E-state index in [1.54, 1.807) is 12.1 Å². The van der Waals surface area contributed by atoms with Crippen LogP contribution in [0.2, 0.25) is 0 Å². The Morgan fingerprint density at radius 1 is 1.17 bits per heavy atom. The Balaban J connectivity index is 1.68. The Morgan fingerprint density at radius 3 is 2.58 bits per heavy atom. The highest BCUT2D eigenvalue weighted by Crippen LogP contribution is 2.18. The number of anilines is 2. The first-order valence-corrected chi connectivity index (χ1v) is 9.54. The lowest BCUT2D eigenvalue weighted by Gasteiger charge is -2.13. The maximum absolute atomic E-state index is 12.3. The van der Waals surface area contributed by atoms with Crippen LogP contribution in [0.4, 0.5) is 11.4 Å². The third-order valence-electron chi connectivity index (χ3n) is 3.91. The highest BCUT2D eigenvalue weighted by molar-refractivity contribution is 7.91. The van der Waals surface area contributed by atoms with Gasteiger partial charge in [-0.3, -0.25) is 9.78 Å². The molecule has 6 nitrogen and oxygen atoms in total. The Labute approximate surface area is 141 Å². The minimum Gasteiger partial charge on any atom is -0.381 e. The summed E-state index contributed by atoms with van der Waals surface area (Å²) in [6.45, 7) is 1.98. The quantitative estimate of drug-likeness (QED) is 0.887. The van der Waals surface area contributed by atoms with E-state index >= 15 is 0 Å². The number of carbonyl (C=O) groups excluding carboxylic acids is 1. The predicted molar refractivity (Wildman–Crippen MR) is 94.1 cm³/mol. The number of carbonyl (C=O) groups is 1. The van der Waals surface area contributed by atoms with Gasteiger partial charge >= 0.3 is 0 Å². The summed E-state index contributed by atoms with van der Waals surface area (Å²) >= 11 is 0. The van der Waals surface area contributed by atoms with Crippen molar-refractivity contribution in [1.29, 1.82) is 0 Å². The van der Waals surface area contributed by atoms with Crippen LogP contribution in [0.3, 0.4) is 0 Å². The van der Waals surface area contributed by atoms with Crippen molar-refractivity contribution in [2.45, 2.75) is 19.4 Å². The maximum atomic E-state index is 12.3. The van der Waals surface area contributed by atoms with Crippen LogP contribution in [0, 0.1) is 6.92 Å². The Hall–Kier alpha value is -2.41. The summed E-state index contributed by atoms with van der Waals surface area (Å²) in [7, 11) is -2.94. The number of rotatable bonds is 4. The van der Waals surface area contributed by atoms with Crippen LogP contribution >= 0.6 is 0 Å². The van der Waals surface area contributed by atoms with Crippen LogP contribution in [0.5, 0.6) is 0 Å². The van der Waals surface area contributed by atoms with Crippen molar-refractivity contribution in [2.24, 2.45) is 0 Å². The molecule has 24 heavy (non-hydrogen) atoms. The molecule has 1 aliphatic heterocycles. The molecule has 1 saturated heterocycles. The lowest BCUT2D eigenvalue weighted by molar-refractivity contribution is 0.102. The van der Waals surface area contributed by atoms with E-state index in [1.807, 2.05) is 31.2 Å². The summed E-state index contributed by atoms with van der Waals surface area (Å²) in [5.41, 5.74) is 2.79. The molecule has 2 aromatic rings. The third kappa shape index (κ3) is 4.11. The molecular formula is C17H19N3O3S. The average Bonchev–Trinajstić information content (AvgIpc) is 2.88. The number of amides is 1. The van der Waals surface area contributed by atoms with E-state index in [2.05, 4.69) is 15.6 Å². The summed E-state index contributed by atoms with van der Waals surface area (Å²) < 4.78 is 23.0. The van der Waals surface area contributed by atoms with Crippen LogP contribution in [-0.2, 0) is 9.84 Å². The molecule has 1 fully saturated rings. The van der Waals surface area contributed by atoms with Crippen LogP contribution < -0.4 is 10.6 Å². The van der Waals surface area contributed by atoms with E-state index in [4.69, 9.17) is 0 Å². The van der Waals surface area contributed by atoms with Crippen molar-refractivity contribution in [1.82, 2.24) is 4.98 Å². The average molecular weight is 345 g/mol. The lowest BCUT2D eigenvalue weighted by atomic mass is 10.2. The fourth-order valence-electron chi connectivity index (χ4n) is 2.62. The molecule has 0 radical (unpaired) electrons. The first kappa shape index (κ1) is 16.4. The third-order valence-corrected chi connectivity index (χ3v) is 5.67. The number of aromatic nitrogens is 1. The van der Waals surface area contributed by atoms with Gasteiger partial charge in [0.25, 0.3) is 5.91 Å². The molecule has 0 saturated carbocycles. The van der Waals surface area contributed by atoms with E-state index in [9.17, 15) is 13.2 Å². The SMILES string of the molecule is Cc1ccc(NC(=O)c2cc(NC3CCS(=O)(=O)C3)ccn2)cc1. The van der Waals surface area contributed by atoms with Crippen molar-refractivity contribution in [3.05, 3.63) is 53.9 Å². The summed E-state index contributed by atoms with van der Waals surface area (Å²) in [5.74, 6) is 0.0260. The van der Waals surface area contributed by atoms with Crippen molar-refractivity contribution >= 4 is 27.1 Å². The van der Waals surface area contributed by atoms with Gasteiger partial charge in [0.05, 0.1) is 11.5 Å². The minimum absolute atomic E-state index is 0.120. The number of pyridine rings is 1. The number of benzene rings is 1. The number of nitrogens with one attached hydrogen (secondary N) is 2. The van der Waals surface area contributed by atoms with Crippen molar-refractivity contribution in [3.8, 4) is 0 Å². The molecular weight excluding hydrogens is 326 g/mol. The number of hydrogen-bond acceptors (Lipinski definition) is 5. The molecule has 3 rings (SSSR count). The monoisotopic (exact) mass is 345 g/mol. The van der Waals surface area contributed by atoms with Gasteiger partial charge in [0.15, 0.2) is 9.84 Å². The highest BCUT2D eigenvalue weighted by Gasteiger charge is 2.27. The lowest BCUT2D eigenvalue weighted by Crippen LogP contribution is -2.21. The first-order valence-electron chi connectivity index (χ1n) is 7.72. The number of sulfone groups is 1. The van der Waals surface area contributed by atoms with Gasteiger partial charge in [0.1, 0.15) is 5.69 Å². The Morgan fingerprint density at radius 2 is 1.92 bits per heavy atom. The van der Waals surface area contributed by atoms with Crippen LogP contribution in [0.15, 0.2) is 42.6 Å². The zero-order valence-electron chi connectivity index (χ0n) is 13.3. The summed E-state index contributed by atoms with van der Waals surface area (Å²) in [6.07, 6.45) is 2.12. The molecule has 126 valence electrons. The van der Waals surface area contributed by atoms with Gasteiger partial charge in [-0.1, -0.05) is 17.7 Å². The van der Waals surface area contributed by atoms with E-state index in [0.29, 0.717) is 17.8 Å². The zero-order valence-corrected chi connectivity index (χ0v) is 14.1. The topological polar surface area (TPSA) is 88.2 Å². The molecule has 0 bridgehead atoms. The van der Waals surface area contributed by atoms with E-state index in [1.165, 1.54) is 6.20 Å². The number of aryl methyl sites for hydroxylation is 1. The van der Waals surface area contributed by atoms with Gasteiger partial charge in [-0.15, -0.1) is 0 Å². The first-order chi connectivity index (χ1) is 11.4. The molecule has 1 unspecified atom stereocenters. The molecule has 1 aliphatic rings. The van der Waals surface area contributed by atoms with Crippen molar-refractivity contribution < 1.29 is 13.2 Å². The molecule has 1 aromatic carbocycles. The zero-order chi connectivity index (χ0) is 17.2. The van der Waals surface area contributed by atoms with Crippen LogP contribution in [0.25, 0.3) is 0 Å². The summed E-state index contributed by atoms with van der Waals surface area (Å²) in [6, 6.07) is 10.7. The molecule has 1 amide bonds. The standard InChI is InChI=1S/C17H19N3O3S/c1-12-2-4-13(5-3-12)20-17(21)16-10-14(6-8-18-16)19-15-7-9-24(22,23)11-15/h2-6,8,10,15H,7,9,11H2,1H3,(H,18,19)(H,20,21). The molecule has 0 spiro atoms. The van der Waals surface area contributed by atoms with Crippen molar-refractivity contribution in [2.75, 3.05) is 22.1 Å². The van der Waals surface area contributed by atoms with E-state index in [-0.39, 0.29) is 29.1 Å². The second-order valence-corrected chi connectivity index (χ2v) is 8.22. The number of nitrogens with zero attached hydrogens (tertiary/aromatic N) is 1. The largest absolute Gasteiger partial charge is 0.381 e. The van der Waals surface area contributed by atoms with Crippen molar-refractivity contribution in [3.63, 3.8) is 0 Å². The smallest absolute Gasteiger partial charge is 0.274 e. The highest BCUT2D eigenvalue weighted by atomic mass is 32.2. The molecule has 0 aliphatic carbocycles. The predicted octanol–water partition coefficient (Wildman–Crippen LogP) is 2.24. The Bertz CT molecular complexity index is 848. The van der Waals surface area contributed by atoms with Gasteiger partial charge in [-0.25, -0.2) is 8.42 Å². The van der Waals surface area contributed by atoms with Gasteiger partial charge < -0.3 is 10.6 Å². The Kier molecular flexibility index (Phi) is 4.53. The summed E-state index contributed by atoms with van der Waals surface area (Å²) in [4.78, 5) is 16.4.